The SMILES string of the molecule is O=C(CC(CO)c1ccc(F)cc1)c1cc2c(=O)[nH]c(-c3ccc4ccccc4c3)cn2n1. The number of carbonyl (C=O) groups is 1. The maximum atomic E-state index is 13.2. The fraction of sp³-hybridized carbons (Fsp3) is 0.115. The number of carbonyl (C=O) groups excluding carboxylic acids is 1. The van der Waals surface area contributed by atoms with Gasteiger partial charge in [0.25, 0.3) is 5.56 Å². The van der Waals surface area contributed by atoms with Crippen LogP contribution in [0.1, 0.15) is 28.4 Å². The number of Topliss-reactive ketones (excluding diaryl/α,β-unsaturated/α-hetero) is 1. The third-order valence-electron chi connectivity index (χ3n) is 5.81. The van der Waals surface area contributed by atoms with Crippen LogP contribution in [0.25, 0.3) is 27.5 Å². The molecule has 1 atom stereocenters. The number of rotatable bonds is 6. The Morgan fingerprint density at radius 3 is 2.55 bits per heavy atom. The summed E-state index contributed by atoms with van der Waals surface area (Å²) in [6.07, 6.45) is 1.67. The lowest BCUT2D eigenvalue weighted by atomic mass is 9.93. The van der Waals surface area contributed by atoms with Crippen molar-refractivity contribution in [2.45, 2.75) is 12.3 Å². The van der Waals surface area contributed by atoms with Crippen molar-refractivity contribution in [1.29, 1.82) is 0 Å². The Bertz CT molecular complexity index is 1540. The zero-order chi connectivity index (χ0) is 22.9. The molecule has 6 nitrogen and oxygen atoms in total. The quantitative estimate of drug-likeness (QED) is 0.384. The van der Waals surface area contributed by atoms with Gasteiger partial charge in [-0.15, -0.1) is 0 Å². The number of fused-ring (bicyclic) bond motifs is 2. The van der Waals surface area contributed by atoms with Crippen LogP contribution in [-0.2, 0) is 0 Å². The van der Waals surface area contributed by atoms with Gasteiger partial charge in [-0.2, -0.15) is 5.10 Å². The molecule has 5 rings (SSSR count). The van der Waals surface area contributed by atoms with Crippen molar-refractivity contribution in [1.82, 2.24) is 14.6 Å². The molecule has 0 amide bonds. The maximum absolute atomic E-state index is 13.2. The normalized spacial score (nSPS) is 12.3. The molecule has 0 radical (unpaired) electrons. The highest BCUT2D eigenvalue weighted by atomic mass is 19.1. The lowest BCUT2D eigenvalue weighted by Gasteiger charge is -2.13. The van der Waals surface area contributed by atoms with Crippen LogP contribution in [0.4, 0.5) is 4.39 Å². The van der Waals surface area contributed by atoms with Crippen LogP contribution in [0.5, 0.6) is 0 Å². The number of nitrogens with one attached hydrogen (secondary N) is 1. The van der Waals surface area contributed by atoms with E-state index >= 15 is 0 Å². The van der Waals surface area contributed by atoms with Gasteiger partial charge in [-0.3, -0.25) is 9.59 Å². The molecule has 1 unspecified atom stereocenters. The summed E-state index contributed by atoms with van der Waals surface area (Å²) in [6, 6.07) is 21.0. The molecule has 0 aliphatic heterocycles. The Morgan fingerprint density at radius 2 is 1.79 bits per heavy atom. The molecule has 2 aromatic heterocycles. The molecule has 5 aromatic rings. The molecular formula is C26H20FN3O3. The monoisotopic (exact) mass is 441 g/mol. The third-order valence-corrected chi connectivity index (χ3v) is 5.81. The standard InChI is InChI=1S/C26H20FN3O3/c27-21-9-7-17(8-10-21)20(15-31)12-25(32)22-13-24-26(33)28-23(14-30(24)29-22)19-6-5-16-3-1-2-4-18(16)11-19/h1-11,13-14,20,31H,12,15H2,(H,28,33). The molecule has 0 bridgehead atoms. The van der Waals surface area contributed by atoms with Crippen LogP contribution in [0.2, 0.25) is 0 Å². The first kappa shape index (κ1) is 20.8. The molecule has 0 fully saturated rings. The molecule has 0 spiro atoms. The van der Waals surface area contributed by atoms with Crippen LogP contribution in [0, 0.1) is 5.82 Å². The predicted molar refractivity (Wildman–Crippen MR) is 124 cm³/mol. The Kier molecular flexibility index (Phi) is 5.32. The van der Waals surface area contributed by atoms with Crippen molar-refractivity contribution in [2.24, 2.45) is 0 Å². The number of hydrogen-bond acceptors (Lipinski definition) is 4. The average Bonchev–Trinajstić information content (AvgIpc) is 3.28. The van der Waals surface area contributed by atoms with Crippen molar-refractivity contribution < 1.29 is 14.3 Å². The minimum Gasteiger partial charge on any atom is -0.396 e. The zero-order valence-electron chi connectivity index (χ0n) is 17.5. The molecule has 0 saturated heterocycles. The van der Waals surface area contributed by atoms with E-state index in [4.69, 9.17) is 0 Å². The van der Waals surface area contributed by atoms with Crippen LogP contribution < -0.4 is 5.56 Å². The lowest BCUT2D eigenvalue weighted by molar-refractivity contribution is 0.0955. The van der Waals surface area contributed by atoms with E-state index in [0.717, 1.165) is 16.3 Å². The highest BCUT2D eigenvalue weighted by Gasteiger charge is 2.20. The van der Waals surface area contributed by atoms with E-state index in [0.29, 0.717) is 11.3 Å². The molecule has 7 heteroatoms. The first-order valence-electron chi connectivity index (χ1n) is 10.5. The van der Waals surface area contributed by atoms with Crippen molar-refractivity contribution in [2.75, 3.05) is 6.61 Å². The Morgan fingerprint density at radius 1 is 1.03 bits per heavy atom. The van der Waals surface area contributed by atoms with E-state index in [9.17, 15) is 19.1 Å². The fourth-order valence-corrected chi connectivity index (χ4v) is 3.99. The van der Waals surface area contributed by atoms with Crippen molar-refractivity contribution in [3.05, 3.63) is 106 Å². The van der Waals surface area contributed by atoms with E-state index in [1.807, 2.05) is 42.5 Å². The summed E-state index contributed by atoms with van der Waals surface area (Å²) < 4.78 is 14.6. The van der Waals surface area contributed by atoms with Gasteiger partial charge in [0.15, 0.2) is 5.78 Å². The van der Waals surface area contributed by atoms with Gasteiger partial charge < -0.3 is 10.1 Å². The van der Waals surface area contributed by atoms with Crippen molar-refractivity contribution in [3.8, 4) is 11.3 Å². The minimum absolute atomic E-state index is 0.0124. The average molecular weight is 441 g/mol. The summed E-state index contributed by atoms with van der Waals surface area (Å²) in [5.74, 6) is -1.19. The Balaban J connectivity index is 1.46. The van der Waals surface area contributed by atoms with Crippen LogP contribution in [0.15, 0.2) is 83.8 Å². The summed E-state index contributed by atoms with van der Waals surface area (Å²) in [4.78, 5) is 28.4. The third kappa shape index (κ3) is 4.06. The zero-order valence-corrected chi connectivity index (χ0v) is 17.5. The van der Waals surface area contributed by atoms with E-state index in [1.54, 1.807) is 18.3 Å². The van der Waals surface area contributed by atoms with Crippen LogP contribution in [-0.4, -0.2) is 32.1 Å². The van der Waals surface area contributed by atoms with Gasteiger partial charge in [0.05, 0.1) is 18.5 Å². The second-order valence-corrected chi connectivity index (χ2v) is 7.98. The molecular weight excluding hydrogens is 421 g/mol. The molecule has 3 aromatic carbocycles. The summed E-state index contributed by atoms with van der Waals surface area (Å²) in [5, 5.41) is 16.2. The van der Waals surface area contributed by atoms with Gasteiger partial charge >= 0.3 is 0 Å². The van der Waals surface area contributed by atoms with Gasteiger partial charge in [0.2, 0.25) is 0 Å². The number of aromatic amines is 1. The smallest absolute Gasteiger partial charge is 0.274 e. The summed E-state index contributed by atoms with van der Waals surface area (Å²) in [5.41, 5.74) is 2.10. The van der Waals surface area contributed by atoms with E-state index in [-0.39, 0.29) is 41.4 Å². The highest BCUT2D eigenvalue weighted by Crippen LogP contribution is 2.24. The molecule has 33 heavy (non-hydrogen) atoms. The lowest BCUT2D eigenvalue weighted by Crippen LogP contribution is -2.12. The number of nitrogens with zero attached hydrogens (tertiary/aromatic N) is 2. The van der Waals surface area contributed by atoms with Gasteiger partial charge in [0, 0.05) is 24.0 Å². The minimum atomic E-state index is -0.491. The molecule has 0 aliphatic carbocycles. The first-order chi connectivity index (χ1) is 16.0. The summed E-state index contributed by atoms with van der Waals surface area (Å²) in [6.45, 7) is -0.266. The first-order valence-corrected chi connectivity index (χ1v) is 10.5. The van der Waals surface area contributed by atoms with Crippen molar-refractivity contribution in [3.63, 3.8) is 0 Å². The van der Waals surface area contributed by atoms with Crippen molar-refractivity contribution >= 4 is 22.1 Å². The summed E-state index contributed by atoms with van der Waals surface area (Å²) in [7, 11) is 0. The van der Waals surface area contributed by atoms with E-state index in [2.05, 4.69) is 10.1 Å². The Labute approximate surface area is 187 Å². The number of ketones is 1. The number of H-pyrrole nitrogens is 1. The second kappa shape index (κ2) is 8.44. The molecule has 0 saturated carbocycles. The molecule has 2 N–H and O–H groups in total. The van der Waals surface area contributed by atoms with E-state index in [1.165, 1.54) is 22.7 Å². The number of aromatic nitrogens is 3. The van der Waals surface area contributed by atoms with Gasteiger partial charge in [-0.25, -0.2) is 8.91 Å². The number of benzene rings is 3. The maximum Gasteiger partial charge on any atom is 0.274 e. The highest BCUT2D eigenvalue weighted by molar-refractivity contribution is 5.96. The van der Waals surface area contributed by atoms with Gasteiger partial charge in [-0.1, -0.05) is 48.5 Å². The number of aliphatic hydroxyl groups excluding tert-OH is 1. The second-order valence-electron chi connectivity index (χ2n) is 7.98. The van der Waals surface area contributed by atoms with Crippen LogP contribution in [0.3, 0.4) is 0 Å². The van der Waals surface area contributed by atoms with Crippen LogP contribution >= 0.6 is 0 Å². The molecule has 164 valence electrons. The van der Waals surface area contributed by atoms with Gasteiger partial charge in [-0.05, 0) is 34.5 Å². The topological polar surface area (TPSA) is 87.5 Å². The summed E-state index contributed by atoms with van der Waals surface area (Å²) >= 11 is 0. The van der Waals surface area contributed by atoms with E-state index < -0.39 is 5.92 Å². The molecule has 0 aliphatic rings. The molecule has 2 heterocycles. The largest absolute Gasteiger partial charge is 0.396 e. The predicted octanol–water partition coefficient (Wildman–Crippen LogP) is 4.33. The number of aliphatic hydroxyl groups is 1. The fourth-order valence-electron chi connectivity index (χ4n) is 3.99. The number of halogens is 1. The number of hydrogen-bond donors (Lipinski definition) is 2. The Hall–Kier alpha value is -4.10. The van der Waals surface area contributed by atoms with Gasteiger partial charge in [0.1, 0.15) is 17.0 Å².